The van der Waals surface area contributed by atoms with E-state index in [-0.39, 0.29) is 10.8 Å². The van der Waals surface area contributed by atoms with E-state index >= 15 is 0 Å². The predicted molar refractivity (Wildman–Crippen MR) is 81.4 cm³/mol. The molecule has 2 aromatic rings. The van der Waals surface area contributed by atoms with Gasteiger partial charge in [-0.1, -0.05) is 30.1 Å². The first-order chi connectivity index (χ1) is 10.2. The zero-order chi connectivity index (χ0) is 14.8. The Bertz CT molecular complexity index is 618. The number of phenols is 1. The molecule has 1 aromatic heterocycles. The molecular formula is C16H19ClN2O2. The molecule has 0 saturated heterocycles. The first-order valence-corrected chi connectivity index (χ1v) is 7.87. The Labute approximate surface area is 129 Å². The molecule has 0 bridgehead atoms. The summed E-state index contributed by atoms with van der Waals surface area (Å²) in [6, 6.07) is 4.91. The maximum absolute atomic E-state index is 9.45. The summed E-state index contributed by atoms with van der Waals surface area (Å²) in [5, 5.41) is 13.9. The molecular weight excluding hydrogens is 288 g/mol. The van der Waals surface area contributed by atoms with Crippen LogP contribution in [-0.4, -0.2) is 15.2 Å². The topological polar surface area (TPSA) is 59.2 Å². The second-order valence-corrected chi connectivity index (χ2v) is 6.16. The van der Waals surface area contributed by atoms with Crippen molar-refractivity contribution in [3.63, 3.8) is 0 Å². The van der Waals surface area contributed by atoms with Crippen molar-refractivity contribution in [1.29, 1.82) is 0 Å². The number of phenolic OH excluding ortho intramolecular Hbond substituents is 1. The van der Waals surface area contributed by atoms with Gasteiger partial charge in [-0.15, -0.1) is 0 Å². The third kappa shape index (κ3) is 3.05. The van der Waals surface area contributed by atoms with Crippen LogP contribution < -0.4 is 0 Å². The number of hydrogen-bond donors (Lipinski definition) is 1. The smallest absolute Gasteiger partial charge is 0.257 e. The van der Waals surface area contributed by atoms with E-state index in [0.29, 0.717) is 11.8 Å². The molecule has 1 N–H and O–H groups in total. The van der Waals surface area contributed by atoms with E-state index in [2.05, 4.69) is 17.1 Å². The minimum atomic E-state index is 0.0537. The van der Waals surface area contributed by atoms with Crippen LogP contribution in [-0.2, 0) is 0 Å². The van der Waals surface area contributed by atoms with Crippen LogP contribution in [0.2, 0.25) is 5.02 Å². The Morgan fingerprint density at radius 3 is 2.71 bits per heavy atom. The van der Waals surface area contributed by atoms with E-state index in [1.807, 2.05) is 0 Å². The molecule has 0 atom stereocenters. The lowest BCUT2D eigenvalue weighted by atomic mass is 9.80. The molecule has 0 aliphatic heterocycles. The summed E-state index contributed by atoms with van der Waals surface area (Å²) in [6.07, 6.45) is 6.02. The number of hydrogen-bond acceptors (Lipinski definition) is 4. The van der Waals surface area contributed by atoms with Gasteiger partial charge in [0.2, 0.25) is 0 Å². The fraction of sp³-hybridized carbons (Fsp3) is 0.500. The summed E-state index contributed by atoms with van der Waals surface area (Å²) in [5.41, 5.74) is 0.735. The molecule has 4 nitrogen and oxygen atoms in total. The van der Waals surface area contributed by atoms with Crippen molar-refractivity contribution in [3.8, 4) is 17.2 Å². The lowest BCUT2D eigenvalue weighted by Crippen LogP contribution is -2.13. The molecule has 0 unspecified atom stereocenters. The summed E-state index contributed by atoms with van der Waals surface area (Å²) in [7, 11) is 0. The molecule has 1 aliphatic rings. The molecule has 1 aromatic carbocycles. The normalized spacial score (nSPS) is 22.4. The van der Waals surface area contributed by atoms with E-state index in [1.54, 1.807) is 12.1 Å². The molecule has 5 heteroatoms. The SMILES string of the molecule is CCC1CCC(c2noc(-c3ccc(O)c(Cl)c3)n2)CC1. The minimum absolute atomic E-state index is 0.0537. The van der Waals surface area contributed by atoms with Crippen LogP contribution in [0.4, 0.5) is 0 Å². The molecule has 1 heterocycles. The van der Waals surface area contributed by atoms with Crippen molar-refractivity contribution in [2.45, 2.75) is 44.9 Å². The van der Waals surface area contributed by atoms with Gasteiger partial charge >= 0.3 is 0 Å². The number of nitrogens with zero attached hydrogens (tertiary/aromatic N) is 2. The molecule has 1 saturated carbocycles. The van der Waals surface area contributed by atoms with Gasteiger partial charge in [0.25, 0.3) is 5.89 Å². The van der Waals surface area contributed by atoms with Crippen LogP contribution in [0.25, 0.3) is 11.5 Å². The van der Waals surface area contributed by atoms with E-state index in [0.717, 1.165) is 30.1 Å². The molecule has 0 spiro atoms. The standard InChI is InChI=1S/C16H19ClN2O2/c1-2-10-3-5-11(6-4-10)15-18-16(21-19-15)12-7-8-14(20)13(17)9-12/h7-11,20H,2-6H2,1H3. The second-order valence-electron chi connectivity index (χ2n) is 5.75. The molecule has 1 fully saturated rings. The summed E-state index contributed by atoms with van der Waals surface area (Å²) >= 11 is 5.91. The van der Waals surface area contributed by atoms with Gasteiger partial charge < -0.3 is 9.63 Å². The van der Waals surface area contributed by atoms with Crippen molar-refractivity contribution in [3.05, 3.63) is 29.0 Å². The van der Waals surface area contributed by atoms with E-state index < -0.39 is 0 Å². The molecule has 0 radical (unpaired) electrons. The van der Waals surface area contributed by atoms with Crippen molar-refractivity contribution in [1.82, 2.24) is 10.1 Å². The Balaban J connectivity index is 1.76. The molecule has 21 heavy (non-hydrogen) atoms. The van der Waals surface area contributed by atoms with Crippen LogP contribution >= 0.6 is 11.6 Å². The lowest BCUT2D eigenvalue weighted by Gasteiger charge is -2.25. The highest BCUT2D eigenvalue weighted by Gasteiger charge is 2.25. The number of benzene rings is 1. The van der Waals surface area contributed by atoms with E-state index in [9.17, 15) is 5.11 Å². The fourth-order valence-electron chi connectivity index (χ4n) is 2.99. The number of rotatable bonds is 3. The van der Waals surface area contributed by atoms with Gasteiger partial charge in [-0.2, -0.15) is 4.98 Å². The summed E-state index contributed by atoms with van der Waals surface area (Å²) in [6.45, 7) is 2.26. The molecule has 0 amide bonds. The highest BCUT2D eigenvalue weighted by molar-refractivity contribution is 6.32. The summed E-state index contributed by atoms with van der Waals surface area (Å²) < 4.78 is 5.35. The third-order valence-corrected chi connectivity index (χ3v) is 4.73. The number of halogens is 1. The zero-order valence-electron chi connectivity index (χ0n) is 12.1. The number of aromatic hydroxyl groups is 1. The van der Waals surface area contributed by atoms with Gasteiger partial charge in [0.05, 0.1) is 5.02 Å². The highest BCUT2D eigenvalue weighted by Crippen LogP contribution is 2.36. The fourth-order valence-corrected chi connectivity index (χ4v) is 3.17. The van der Waals surface area contributed by atoms with Gasteiger partial charge in [-0.05, 0) is 49.8 Å². The Hall–Kier alpha value is -1.55. The van der Waals surface area contributed by atoms with Gasteiger partial charge in [0.15, 0.2) is 5.82 Å². The quantitative estimate of drug-likeness (QED) is 0.886. The zero-order valence-corrected chi connectivity index (χ0v) is 12.8. The van der Waals surface area contributed by atoms with E-state index in [1.165, 1.54) is 25.3 Å². The van der Waals surface area contributed by atoms with Gasteiger partial charge in [-0.3, -0.25) is 0 Å². The van der Waals surface area contributed by atoms with Crippen LogP contribution in [0.3, 0.4) is 0 Å². The van der Waals surface area contributed by atoms with Gasteiger partial charge in [0.1, 0.15) is 5.75 Å². The summed E-state index contributed by atoms with van der Waals surface area (Å²) in [5.74, 6) is 2.56. The largest absolute Gasteiger partial charge is 0.506 e. The Morgan fingerprint density at radius 1 is 1.29 bits per heavy atom. The third-order valence-electron chi connectivity index (χ3n) is 4.43. The van der Waals surface area contributed by atoms with Crippen LogP contribution in [0.1, 0.15) is 50.8 Å². The second kappa shape index (κ2) is 6.06. The molecule has 112 valence electrons. The highest BCUT2D eigenvalue weighted by atomic mass is 35.5. The Kier molecular flexibility index (Phi) is 4.15. The predicted octanol–water partition coefficient (Wildman–Crippen LogP) is 4.78. The Morgan fingerprint density at radius 2 is 2.05 bits per heavy atom. The van der Waals surface area contributed by atoms with Gasteiger partial charge in [0, 0.05) is 11.5 Å². The minimum Gasteiger partial charge on any atom is -0.506 e. The monoisotopic (exact) mass is 306 g/mol. The maximum atomic E-state index is 9.45. The van der Waals surface area contributed by atoms with Crippen molar-refractivity contribution in [2.75, 3.05) is 0 Å². The number of aromatic nitrogens is 2. The lowest BCUT2D eigenvalue weighted by molar-refractivity contribution is 0.305. The van der Waals surface area contributed by atoms with Crippen LogP contribution in [0.5, 0.6) is 5.75 Å². The maximum Gasteiger partial charge on any atom is 0.257 e. The van der Waals surface area contributed by atoms with Crippen LogP contribution in [0.15, 0.2) is 22.7 Å². The molecule has 1 aliphatic carbocycles. The average Bonchev–Trinajstić information content (AvgIpc) is 3.00. The van der Waals surface area contributed by atoms with E-state index in [4.69, 9.17) is 16.1 Å². The van der Waals surface area contributed by atoms with Crippen molar-refractivity contribution >= 4 is 11.6 Å². The summed E-state index contributed by atoms with van der Waals surface area (Å²) in [4.78, 5) is 4.51. The first-order valence-electron chi connectivity index (χ1n) is 7.50. The van der Waals surface area contributed by atoms with Gasteiger partial charge in [-0.25, -0.2) is 0 Å². The average molecular weight is 307 g/mol. The van der Waals surface area contributed by atoms with Crippen molar-refractivity contribution < 1.29 is 9.63 Å². The molecule has 3 rings (SSSR count). The first kappa shape index (κ1) is 14.4. The van der Waals surface area contributed by atoms with Crippen LogP contribution in [0, 0.1) is 5.92 Å². The van der Waals surface area contributed by atoms with Crippen molar-refractivity contribution in [2.24, 2.45) is 5.92 Å².